The minimum Gasteiger partial charge on any atom is -0.494 e. The summed E-state index contributed by atoms with van der Waals surface area (Å²) in [6.07, 6.45) is 0. The molecule has 66 valence electrons. The summed E-state index contributed by atoms with van der Waals surface area (Å²) in [6, 6.07) is 1.91. The van der Waals surface area contributed by atoms with Gasteiger partial charge in [-0.25, -0.2) is 0 Å². The van der Waals surface area contributed by atoms with Crippen LogP contribution in [0.25, 0.3) is 0 Å². The lowest BCUT2D eigenvalue weighted by molar-refractivity contribution is 0.414. The average molecular weight is 429 g/mol. The predicted octanol–water partition coefficient (Wildman–Crippen LogP) is 4.21. The van der Waals surface area contributed by atoms with Crippen molar-refractivity contribution in [3.63, 3.8) is 0 Å². The topological polar surface area (TPSA) is 9.23 Å². The summed E-state index contributed by atoms with van der Waals surface area (Å²) in [5.74, 6) is 0.551. The summed E-state index contributed by atoms with van der Waals surface area (Å²) < 4.78 is 6.95. The zero-order valence-electron chi connectivity index (χ0n) is 6.00. The lowest BCUT2D eigenvalue weighted by Gasteiger charge is -2.08. The van der Waals surface area contributed by atoms with Crippen molar-refractivity contribution in [2.24, 2.45) is 0 Å². The number of hydrogen-bond donors (Lipinski definition) is 0. The molecule has 1 nitrogen and oxygen atoms in total. The maximum absolute atomic E-state index is 5.95. The van der Waals surface area contributed by atoms with Crippen LogP contribution >= 0.6 is 68.4 Å². The number of rotatable bonds is 1. The largest absolute Gasteiger partial charge is 0.494 e. The molecule has 0 unspecified atom stereocenters. The Bertz CT molecular complexity index is 289. The molecule has 1 aromatic carbocycles. The Labute approximate surface area is 108 Å². The molecule has 0 amide bonds. The van der Waals surface area contributed by atoms with E-state index in [9.17, 15) is 0 Å². The Morgan fingerprint density at radius 2 is 1.58 bits per heavy atom. The van der Waals surface area contributed by atoms with Gasteiger partial charge in [-0.15, -0.1) is 0 Å². The van der Waals surface area contributed by atoms with Gasteiger partial charge >= 0.3 is 0 Å². The van der Waals surface area contributed by atoms with E-state index >= 15 is 0 Å². The molecule has 0 saturated carbocycles. The van der Waals surface area contributed by atoms with E-state index in [-0.39, 0.29) is 0 Å². The predicted molar refractivity (Wildman–Crippen MR) is 68.4 cm³/mol. The maximum atomic E-state index is 5.95. The Kier molecular flexibility index (Phi) is 4.20. The van der Waals surface area contributed by atoms with Gasteiger partial charge in [-0.3, -0.25) is 0 Å². The fourth-order valence-electron chi connectivity index (χ4n) is 0.730. The average Bonchev–Trinajstić information content (AvgIpc) is 2.02. The van der Waals surface area contributed by atoms with Crippen molar-refractivity contribution in [2.75, 3.05) is 7.11 Å². The first-order chi connectivity index (χ1) is 5.57. The number of ether oxygens (including phenoxy) is 1. The quantitative estimate of drug-likeness (QED) is 0.481. The number of halogens is 4. The van der Waals surface area contributed by atoms with E-state index in [0.717, 1.165) is 7.14 Å². The van der Waals surface area contributed by atoms with Gasteiger partial charge in [-0.1, -0.05) is 23.2 Å². The van der Waals surface area contributed by atoms with Crippen molar-refractivity contribution in [1.82, 2.24) is 0 Å². The third-order valence-electron chi connectivity index (χ3n) is 1.28. The monoisotopic (exact) mass is 428 g/mol. The molecule has 12 heavy (non-hydrogen) atoms. The highest BCUT2D eigenvalue weighted by Crippen LogP contribution is 2.39. The maximum Gasteiger partial charge on any atom is 0.158 e. The summed E-state index contributed by atoms with van der Waals surface area (Å²) in [7, 11) is 1.55. The van der Waals surface area contributed by atoms with Gasteiger partial charge in [-0.05, 0) is 51.2 Å². The Hall–Kier alpha value is 1.06. The SMILES string of the molecule is COc1c(Cl)c(I)cc(I)c1Cl. The van der Waals surface area contributed by atoms with Crippen molar-refractivity contribution in [2.45, 2.75) is 0 Å². The second-order valence-corrected chi connectivity index (χ2v) is 5.08. The number of hydrogen-bond acceptors (Lipinski definition) is 1. The Morgan fingerprint density at radius 3 is 1.92 bits per heavy atom. The van der Waals surface area contributed by atoms with Crippen LogP contribution in [0.15, 0.2) is 6.07 Å². The smallest absolute Gasteiger partial charge is 0.158 e. The van der Waals surface area contributed by atoms with Gasteiger partial charge in [0.15, 0.2) is 5.75 Å². The molecule has 0 heterocycles. The van der Waals surface area contributed by atoms with Crippen LogP contribution in [0, 0.1) is 7.14 Å². The van der Waals surface area contributed by atoms with Crippen LogP contribution in [0.4, 0.5) is 0 Å². The van der Waals surface area contributed by atoms with E-state index in [4.69, 9.17) is 27.9 Å². The van der Waals surface area contributed by atoms with Crippen LogP contribution in [0.3, 0.4) is 0 Å². The molecule has 0 aliphatic heterocycles. The van der Waals surface area contributed by atoms with E-state index in [1.807, 2.05) is 6.07 Å². The van der Waals surface area contributed by atoms with Crippen molar-refractivity contribution in [3.8, 4) is 5.75 Å². The highest BCUT2D eigenvalue weighted by atomic mass is 127. The third kappa shape index (κ3) is 2.10. The van der Waals surface area contributed by atoms with E-state index in [0.29, 0.717) is 15.8 Å². The molecule has 0 aromatic heterocycles. The van der Waals surface area contributed by atoms with Crippen LogP contribution in [-0.4, -0.2) is 7.11 Å². The van der Waals surface area contributed by atoms with Gasteiger partial charge < -0.3 is 4.74 Å². The van der Waals surface area contributed by atoms with Crippen molar-refractivity contribution in [1.29, 1.82) is 0 Å². The standard InChI is InChI=1S/C7H4Cl2I2O/c1-12-7-5(8)3(10)2-4(11)6(7)9/h2H,1H3. The molecule has 0 N–H and O–H groups in total. The second-order valence-electron chi connectivity index (χ2n) is 2.00. The molecule has 0 aliphatic rings. The van der Waals surface area contributed by atoms with Crippen LogP contribution in [-0.2, 0) is 0 Å². The molecule has 0 aliphatic carbocycles. The van der Waals surface area contributed by atoms with Crippen molar-refractivity contribution < 1.29 is 4.74 Å². The molecule has 0 atom stereocenters. The highest BCUT2D eigenvalue weighted by Gasteiger charge is 2.12. The molecule has 0 spiro atoms. The fraction of sp³-hybridized carbons (Fsp3) is 0.143. The minimum atomic E-state index is 0.551. The molecule has 1 aromatic rings. The van der Waals surface area contributed by atoms with Crippen molar-refractivity contribution >= 4 is 68.4 Å². The zero-order chi connectivity index (χ0) is 9.30. The van der Waals surface area contributed by atoms with E-state index in [2.05, 4.69) is 45.2 Å². The molecular formula is C7H4Cl2I2O. The summed E-state index contributed by atoms with van der Waals surface area (Å²) in [5.41, 5.74) is 0. The summed E-state index contributed by atoms with van der Waals surface area (Å²) in [5, 5.41) is 1.15. The van der Waals surface area contributed by atoms with E-state index in [1.165, 1.54) is 0 Å². The first-order valence-electron chi connectivity index (χ1n) is 2.95. The summed E-state index contributed by atoms with van der Waals surface area (Å²) in [4.78, 5) is 0. The Balaban J connectivity index is 3.42. The highest BCUT2D eigenvalue weighted by molar-refractivity contribution is 14.1. The van der Waals surface area contributed by atoms with Gasteiger partial charge in [0, 0.05) is 7.14 Å². The lowest BCUT2D eigenvalue weighted by Crippen LogP contribution is -1.90. The normalized spacial score (nSPS) is 10.1. The minimum absolute atomic E-state index is 0.551. The van der Waals surface area contributed by atoms with Gasteiger partial charge in [0.05, 0.1) is 17.2 Å². The number of benzene rings is 1. The second kappa shape index (κ2) is 4.52. The summed E-state index contributed by atoms with van der Waals surface area (Å²) in [6.45, 7) is 0. The van der Waals surface area contributed by atoms with Crippen LogP contribution in [0.5, 0.6) is 5.75 Å². The van der Waals surface area contributed by atoms with E-state index < -0.39 is 0 Å². The first kappa shape index (κ1) is 11.1. The van der Waals surface area contributed by atoms with Gasteiger partial charge in [0.1, 0.15) is 0 Å². The van der Waals surface area contributed by atoms with Gasteiger partial charge in [0.2, 0.25) is 0 Å². The van der Waals surface area contributed by atoms with Crippen LogP contribution in [0.1, 0.15) is 0 Å². The molecule has 0 fully saturated rings. The number of methoxy groups -OCH3 is 1. The lowest BCUT2D eigenvalue weighted by atomic mass is 10.3. The third-order valence-corrected chi connectivity index (χ3v) is 4.37. The first-order valence-corrected chi connectivity index (χ1v) is 5.86. The molecular weight excluding hydrogens is 425 g/mol. The molecule has 0 radical (unpaired) electrons. The van der Waals surface area contributed by atoms with E-state index in [1.54, 1.807) is 7.11 Å². The molecule has 0 bridgehead atoms. The van der Waals surface area contributed by atoms with Gasteiger partial charge in [0.25, 0.3) is 0 Å². The van der Waals surface area contributed by atoms with Gasteiger partial charge in [-0.2, -0.15) is 0 Å². The zero-order valence-corrected chi connectivity index (χ0v) is 11.8. The molecule has 5 heteroatoms. The molecule has 0 saturated heterocycles. The van der Waals surface area contributed by atoms with Crippen LogP contribution < -0.4 is 4.74 Å². The Morgan fingerprint density at radius 1 is 1.17 bits per heavy atom. The summed E-state index contributed by atoms with van der Waals surface area (Å²) >= 11 is 16.2. The van der Waals surface area contributed by atoms with Crippen LogP contribution in [0.2, 0.25) is 10.0 Å². The molecule has 1 rings (SSSR count). The van der Waals surface area contributed by atoms with Crippen molar-refractivity contribution in [3.05, 3.63) is 23.3 Å². The fourth-order valence-corrected chi connectivity index (χ4v) is 2.94.